The molecular formula is C22H36N4O2S. The Bertz CT molecular complexity index is 625. The Morgan fingerprint density at radius 1 is 1.17 bits per heavy atom. The van der Waals surface area contributed by atoms with Crippen molar-refractivity contribution in [3.63, 3.8) is 0 Å². The molecule has 0 spiro atoms. The summed E-state index contributed by atoms with van der Waals surface area (Å²) in [7, 11) is 0. The lowest BCUT2D eigenvalue weighted by Crippen LogP contribution is -2.53. The molecule has 3 fully saturated rings. The lowest BCUT2D eigenvalue weighted by molar-refractivity contribution is -0.0817. The first kappa shape index (κ1) is 21.1. The maximum Gasteiger partial charge on any atom is 0.194 e. The van der Waals surface area contributed by atoms with Crippen LogP contribution in [0.25, 0.3) is 0 Å². The summed E-state index contributed by atoms with van der Waals surface area (Å²) >= 11 is 1.87. The van der Waals surface area contributed by atoms with Crippen LogP contribution in [0.3, 0.4) is 0 Å². The van der Waals surface area contributed by atoms with Crippen molar-refractivity contribution in [1.29, 1.82) is 0 Å². The van der Waals surface area contributed by atoms with E-state index in [0.29, 0.717) is 5.92 Å². The first-order valence-corrected chi connectivity index (χ1v) is 12.2. The Balaban J connectivity index is 1.27. The van der Waals surface area contributed by atoms with Gasteiger partial charge in [-0.1, -0.05) is 6.07 Å². The van der Waals surface area contributed by atoms with Gasteiger partial charge in [0, 0.05) is 44.2 Å². The molecule has 0 radical (unpaired) electrons. The molecule has 4 heterocycles. The summed E-state index contributed by atoms with van der Waals surface area (Å²) < 4.78 is 11.9. The van der Waals surface area contributed by atoms with Gasteiger partial charge in [-0.2, -0.15) is 0 Å². The van der Waals surface area contributed by atoms with Crippen LogP contribution in [-0.4, -0.2) is 80.4 Å². The summed E-state index contributed by atoms with van der Waals surface area (Å²) in [5.41, 5.74) is 0. The van der Waals surface area contributed by atoms with Gasteiger partial charge >= 0.3 is 0 Å². The monoisotopic (exact) mass is 420 g/mol. The summed E-state index contributed by atoms with van der Waals surface area (Å²) in [6.45, 7) is 10.9. The maximum atomic E-state index is 6.02. The summed E-state index contributed by atoms with van der Waals surface area (Å²) in [6.07, 6.45) is 5.20. The molecule has 0 saturated carbocycles. The van der Waals surface area contributed by atoms with Gasteiger partial charge < -0.3 is 19.7 Å². The average molecular weight is 421 g/mol. The predicted molar refractivity (Wildman–Crippen MR) is 119 cm³/mol. The third kappa shape index (κ3) is 5.94. The van der Waals surface area contributed by atoms with E-state index in [2.05, 4.69) is 39.6 Å². The van der Waals surface area contributed by atoms with Crippen LogP contribution >= 0.6 is 11.3 Å². The molecule has 29 heavy (non-hydrogen) atoms. The summed E-state index contributed by atoms with van der Waals surface area (Å²) in [4.78, 5) is 11.5. The van der Waals surface area contributed by atoms with E-state index in [1.54, 1.807) is 0 Å². The minimum Gasteiger partial charge on any atom is -0.375 e. The van der Waals surface area contributed by atoms with Gasteiger partial charge in [0.2, 0.25) is 0 Å². The largest absolute Gasteiger partial charge is 0.375 e. The highest BCUT2D eigenvalue weighted by Crippen LogP contribution is 2.23. The molecule has 4 rings (SSSR count). The van der Waals surface area contributed by atoms with E-state index in [1.165, 1.54) is 30.8 Å². The number of hydrogen-bond donors (Lipinski definition) is 1. The molecule has 3 aliphatic heterocycles. The number of piperidine rings is 1. The highest BCUT2D eigenvalue weighted by Gasteiger charge is 2.32. The zero-order valence-corrected chi connectivity index (χ0v) is 18.5. The van der Waals surface area contributed by atoms with E-state index in [4.69, 9.17) is 14.5 Å². The Labute approximate surface area is 179 Å². The molecule has 6 nitrogen and oxygen atoms in total. The van der Waals surface area contributed by atoms with Gasteiger partial charge in [0.05, 0.1) is 12.7 Å². The Morgan fingerprint density at radius 3 is 2.76 bits per heavy atom. The van der Waals surface area contributed by atoms with Gasteiger partial charge in [0.25, 0.3) is 0 Å². The van der Waals surface area contributed by atoms with Crippen LogP contribution in [0.15, 0.2) is 22.5 Å². The normalized spacial score (nSPS) is 27.5. The van der Waals surface area contributed by atoms with Crippen molar-refractivity contribution in [2.24, 2.45) is 10.9 Å². The van der Waals surface area contributed by atoms with Gasteiger partial charge in [-0.05, 0) is 63.1 Å². The molecule has 0 amide bonds. The molecular weight excluding hydrogens is 384 g/mol. The second-order valence-corrected chi connectivity index (χ2v) is 9.43. The molecule has 7 heteroatoms. The van der Waals surface area contributed by atoms with Crippen LogP contribution in [0.2, 0.25) is 0 Å². The van der Waals surface area contributed by atoms with E-state index in [-0.39, 0.29) is 12.2 Å². The predicted octanol–water partition coefficient (Wildman–Crippen LogP) is 2.81. The zero-order valence-electron chi connectivity index (χ0n) is 17.7. The van der Waals surface area contributed by atoms with Crippen molar-refractivity contribution in [2.45, 2.75) is 51.4 Å². The molecule has 162 valence electrons. The van der Waals surface area contributed by atoms with Crippen LogP contribution in [0.5, 0.6) is 0 Å². The fraction of sp³-hybridized carbons (Fsp3) is 0.773. The number of nitrogens with zero attached hydrogens (tertiary/aromatic N) is 3. The SMILES string of the molecule is CCNC(=NCC1CCN(Cc2cccs2)CC1)N1CCOC(C2CCCO2)C1. The van der Waals surface area contributed by atoms with Crippen molar-refractivity contribution in [3.05, 3.63) is 22.4 Å². The number of rotatable bonds is 6. The molecule has 2 unspecified atom stereocenters. The van der Waals surface area contributed by atoms with Gasteiger partial charge in [0.15, 0.2) is 5.96 Å². The third-order valence-electron chi connectivity index (χ3n) is 6.27. The lowest BCUT2D eigenvalue weighted by atomic mass is 9.97. The van der Waals surface area contributed by atoms with Crippen molar-refractivity contribution >= 4 is 17.3 Å². The van der Waals surface area contributed by atoms with Crippen LogP contribution in [0.1, 0.15) is 37.5 Å². The highest BCUT2D eigenvalue weighted by atomic mass is 32.1. The summed E-state index contributed by atoms with van der Waals surface area (Å²) in [6, 6.07) is 4.40. The van der Waals surface area contributed by atoms with Crippen molar-refractivity contribution in [2.75, 3.05) is 52.5 Å². The van der Waals surface area contributed by atoms with E-state index in [1.807, 2.05) is 11.3 Å². The summed E-state index contributed by atoms with van der Waals surface area (Å²) in [5.74, 6) is 1.75. The second kappa shape index (κ2) is 10.8. The molecule has 1 aromatic rings. The van der Waals surface area contributed by atoms with Gasteiger partial charge in [-0.3, -0.25) is 9.89 Å². The van der Waals surface area contributed by atoms with Crippen LogP contribution in [-0.2, 0) is 16.0 Å². The van der Waals surface area contributed by atoms with E-state index in [9.17, 15) is 0 Å². The fourth-order valence-corrected chi connectivity index (χ4v) is 5.33. The number of nitrogens with one attached hydrogen (secondary N) is 1. The number of guanidine groups is 1. The van der Waals surface area contributed by atoms with Crippen molar-refractivity contribution < 1.29 is 9.47 Å². The zero-order chi connectivity index (χ0) is 19.9. The van der Waals surface area contributed by atoms with Crippen LogP contribution < -0.4 is 5.32 Å². The molecule has 3 aliphatic rings. The number of hydrogen-bond acceptors (Lipinski definition) is 5. The number of morpholine rings is 1. The standard InChI is InChI=1S/C22H36N4O2S/c1-2-23-22(26-11-13-28-21(17-26)20-6-3-12-27-20)24-15-18-7-9-25(10-8-18)16-19-5-4-14-29-19/h4-5,14,18,20-21H,2-3,6-13,15-17H2,1H3,(H,23,24). The quantitative estimate of drug-likeness (QED) is 0.567. The van der Waals surface area contributed by atoms with Crippen molar-refractivity contribution in [1.82, 2.24) is 15.1 Å². The van der Waals surface area contributed by atoms with E-state index in [0.717, 1.165) is 64.7 Å². The number of likely N-dealkylation sites (tertiary alicyclic amines) is 1. The number of ether oxygens (including phenoxy) is 2. The number of aliphatic imine (C=N–C) groups is 1. The van der Waals surface area contributed by atoms with E-state index >= 15 is 0 Å². The Hall–Kier alpha value is -1.15. The fourth-order valence-electron chi connectivity index (χ4n) is 4.58. The lowest BCUT2D eigenvalue weighted by Gasteiger charge is -2.37. The van der Waals surface area contributed by atoms with Gasteiger partial charge in [0.1, 0.15) is 6.10 Å². The van der Waals surface area contributed by atoms with Gasteiger partial charge in [-0.25, -0.2) is 0 Å². The molecule has 0 aliphatic carbocycles. The smallest absolute Gasteiger partial charge is 0.194 e. The Morgan fingerprint density at radius 2 is 2.03 bits per heavy atom. The molecule has 1 aromatic heterocycles. The second-order valence-electron chi connectivity index (χ2n) is 8.40. The third-order valence-corrected chi connectivity index (χ3v) is 7.13. The molecule has 1 N–H and O–H groups in total. The van der Waals surface area contributed by atoms with Crippen molar-refractivity contribution in [3.8, 4) is 0 Å². The number of thiophene rings is 1. The average Bonchev–Trinajstić information content (AvgIpc) is 3.47. The molecule has 3 saturated heterocycles. The molecule has 0 bridgehead atoms. The minimum atomic E-state index is 0.176. The molecule has 0 aromatic carbocycles. The van der Waals surface area contributed by atoms with Crippen LogP contribution in [0, 0.1) is 5.92 Å². The highest BCUT2D eigenvalue weighted by molar-refractivity contribution is 7.09. The topological polar surface area (TPSA) is 49.3 Å². The van der Waals surface area contributed by atoms with Crippen LogP contribution in [0.4, 0.5) is 0 Å². The Kier molecular flexibility index (Phi) is 7.82. The minimum absolute atomic E-state index is 0.176. The summed E-state index contributed by atoms with van der Waals surface area (Å²) in [5, 5.41) is 5.69. The first-order valence-electron chi connectivity index (χ1n) is 11.3. The first-order chi connectivity index (χ1) is 14.3. The van der Waals surface area contributed by atoms with Gasteiger partial charge in [-0.15, -0.1) is 11.3 Å². The molecule has 2 atom stereocenters. The maximum absolute atomic E-state index is 6.02. The van der Waals surface area contributed by atoms with E-state index < -0.39 is 0 Å².